The first-order chi connectivity index (χ1) is 7.98. The molecule has 0 aliphatic heterocycles. The molecular weight excluding hydrogens is 216 g/mol. The number of amides is 1. The molecule has 98 valence electrons. The Kier molecular flexibility index (Phi) is 6.82. The van der Waals surface area contributed by atoms with Crippen LogP contribution in [0.3, 0.4) is 0 Å². The monoisotopic (exact) mass is 240 g/mol. The maximum atomic E-state index is 12.4. The van der Waals surface area contributed by atoms with Crippen LogP contribution in [0.2, 0.25) is 0 Å². The second-order valence-corrected chi connectivity index (χ2v) is 4.64. The molecule has 4 heteroatoms. The van der Waals surface area contributed by atoms with Gasteiger partial charge in [-0.25, -0.2) is 0 Å². The molecule has 0 rings (SSSR count). The van der Waals surface area contributed by atoms with Gasteiger partial charge in [-0.15, -0.1) is 0 Å². The highest BCUT2D eigenvalue weighted by Gasteiger charge is 2.39. The van der Waals surface area contributed by atoms with E-state index in [1.54, 1.807) is 14.0 Å². The van der Waals surface area contributed by atoms with Crippen LogP contribution in [0.5, 0.6) is 0 Å². The van der Waals surface area contributed by atoms with Crippen LogP contribution in [0.25, 0.3) is 0 Å². The van der Waals surface area contributed by atoms with E-state index in [0.29, 0.717) is 12.8 Å². The zero-order valence-corrected chi connectivity index (χ0v) is 11.4. The second kappa shape index (κ2) is 7.29. The van der Waals surface area contributed by atoms with Crippen molar-refractivity contribution in [2.24, 2.45) is 5.41 Å². The summed E-state index contributed by atoms with van der Waals surface area (Å²) < 4.78 is 0. The zero-order chi connectivity index (χ0) is 13.5. The van der Waals surface area contributed by atoms with Gasteiger partial charge in [-0.05, 0) is 19.8 Å². The van der Waals surface area contributed by atoms with E-state index in [1.165, 1.54) is 4.90 Å². The van der Waals surface area contributed by atoms with Gasteiger partial charge in [0.15, 0.2) is 0 Å². The molecule has 4 nitrogen and oxygen atoms in total. The zero-order valence-electron chi connectivity index (χ0n) is 11.4. The molecule has 17 heavy (non-hydrogen) atoms. The molecule has 0 aliphatic rings. The van der Waals surface area contributed by atoms with Gasteiger partial charge in [0.1, 0.15) is 5.41 Å². The van der Waals surface area contributed by atoms with E-state index in [9.17, 15) is 10.1 Å². The van der Waals surface area contributed by atoms with Gasteiger partial charge in [-0.3, -0.25) is 4.79 Å². The predicted octanol–water partition coefficient (Wildman–Crippen LogP) is 1.94. The third-order valence-corrected chi connectivity index (χ3v) is 3.22. The van der Waals surface area contributed by atoms with Crippen molar-refractivity contribution in [3.8, 4) is 6.07 Å². The van der Waals surface area contributed by atoms with Crippen LogP contribution in [0.15, 0.2) is 0 Å². The SMILES string of the molecule is CCCC(C#N)(CCC)C(=O)N(C)C(C)CO. The summed E-state index contributed by atoms with van der Waals surface area (Å²) in [6.07, 6.45) is 2.78. The molecule has 0 bridgehead atoms. The molecule has 0 aromatic rings. The molecule has 1 unspecified atom stereocenters. The van der Waals surface area contributed by atoms with Gasteiger partial charge in [0, 0.05) is 7.05 Å². The lowest BCUT2D eigenvalue weighted by Crippen LogP contribution is -2.46. The summed E-state index contributed by atoms with van der Waals surface area (Å²) in [6.45, 7) is 5.65. The van der Waals surface area contributed by atoms with E-state index in [4.69, 9.17) is 5.11 Å². The van der Waals surface area contributed by atoms with Gasteiger partial charge in [-0.1, -0.05) is 26.7 Å². The van der Waals surface area contributed by atoms with Crippen molar-refractivity contribution >= 4 is 5.91 Å². The smallest absolute Gasteiger partial charge is 0.243 e. The van der Waals surface area contributed by atoms with Gasteiger partial charge in [0.05, 0.1) is 18.7 Å². The molecule has 0 saturated carbocycles. The molecule has 0 saturated heterocycles. The second-order valence-electron chi connectivity index (χ2n) is 4.64. The van der Waals surface area contributed by atoms with E-state index in [0.717, 1.165) is 12.8 Å². The Bertz CT molecular complexity index is 278. The van der Waals surface area contributed by atoms with E-state index in [1.807, 2.05) is 13.8 Å². The number of aliphatic hydroxyl groups excluding tert-OH is 1. The third-order valence-electron chi connectivity index (χ3n) is 3.22. The minimum Gasteiger partial charge on any atom is -0.394 e. The molecule has 0 aromatic heterocycles. The quantitative estimate of drug-likeness (QED) is 0.739. The molecule has 0 radical (unpaired) electrons. The molecule has 1 atom stereocenters. The lowest BCUT2D eigenvalue weighted by molar-refractivity contribution is -0.141. The Hall–Kier alpha value is -1.08. The minimum atomic E-state index is -0.915. The lowest BCUT2D eigenvalue weighted by atomic mass is 9.79. The number of hydrogen-bond donors (Lipinski definition) is 1. The summed E-state index contributed by atoms with van der Waals surface area (Å²) in [7, 11) is 1.65. The molecule has 0 spiro atoms. The van der Waals surface area contributed by atoms with Crippen molar-refractivity contribution in [1.82, 2.24) is 4.90 Å². The summed E-state index contributed by atoms with van der Waals surface area (Å²) in [5.74, 6) is -0.162. The third kappa shape index (κ3) is 3.71. The number of likely N-dealkylation sites (N-methyl/N-ethyl adjacent to an activating group) is 1. The molecule has 0 heterocycles. The predicted molar refractivity (Wildman–Crippen MR) is 67.2 cm³/mol. The van der Waals surface area contributed by atoms with Crippen molar-refractivity contribution < 1.29 is 9.90 Å². The van der Waals surface area contributed by atoms with Crippen LogP contribution >= 0.6 is 0 Å². The first-order valence-electron chi connectivity index (χ1n) is 6.28. The Morgan fingerprint density at radius 1 is 1.41 bits per heavy atom. The highest BCUT2D eigenvalue weighted by Crippen LogP contribution is 2.31. The van der Waals surface area contributed by atoms with Crippen molar-refractivity contribution in [2.45, 2.75) is 52.5 Å². The fourth-order valence-electron chi connectivity index (χ4n) is 2.01. The largest absolute Gasteiger partial charge is 0.394 e. The highest BCUT2D eigenvalue weighted by atomic mass is 16.3. The first kappa shape index (κ1) is 15.9. The number of nitrogens with zero attached hydrogens (tertiary/aromatic N) is 2. The number of hydrogen-bond acceptors (Lipinski definition) is 3. The van der Waals surface area contributed by atoms with Crippen molar-refractivity contribution in [3.63, 3.8) is 0 Å². The molecule has 0 aliphatic carbocycles. The van der Waals surface area contributed by atoms with Crippen molar-refractivity contribution in [1.29, 1.82) is 5.26 Å². The Morgan fingerprint density at radius 3 is 2.18 bits per heavy atom. The van der Waals surface area contributed by atoms with Gasteiger partial charge >= 0.3 is 0 Å². The summed E-state index contributed by atoms with van der Waals surface area (Å²) in [5.41, 5.74) is -0.915. The maximum absolute atomic E-state index is 12.4. The first-order valence-corrected chi connectivity index (χ1v) is 6.28. The van der Waals surface area contributed by atoms with Crippen LogP contribution < -0.4 is 0 Å². The summed E-state index contributed by atoms with van der Waals surface area (Å²) >= 11 is 0. The van der Waals surface area contributed by atoms with Gasteiger partial charge in [0.25, 0.3) is 0 Å². The number of nitriles is 1. The standard InChI is InChI=1S/C13H24N2O2/c1-5-7-13(10-14,8-6-2)12(17)15(4)11(3)9-16/h11,16H,5-9H2,1-4H3. The van der Waals surface area contributed by atoms with Crippen molar-refractivity contribution in [2.75, 3.05) is 13.7 Å². The van der Waals surface area contributed by atoms with E-state index >= 15 is 0 Å². The molecule has 0 fully saturated rings. The molecule has 0 aromatic carbocycles. The van der Waals surface area contributed by atoms with Crippen LogP contribution in [0, 0.1) is 16.7 Å². The van der Waals surface area contributed by atoms with E-state index < -0.39 is 5.41 Å². The Morgan fingerprint density at radius 2 is 1.88 bits per heavy atom. The number of carbonyl (C=O) groups is 1. The van der Waals surface area contributed by atoms with E-state index in [-0.39, 0.29) is 18.6 Å². The summed E-state index contributed by atoms with van der Waals surface area (Å²) in [5, 5.41) is 18.4. The summed E-state index contributed by atoms with van der Waals surface area (Å²) in [4.78, 5) is 13.9. The summed E-state index contributed by atoms with van der Waals surface area (Å²) in [6, 6.07) is 1.96. The highest BCUT2D eigenvalue weighted by molar-refractivity contribution is 5.85. The van der Waals surface area contributed by atoms with Gasteiger partial charge < -0.3 is 10.0 Å². The normalized spacial score (nSPS) is 12.9. The van der Waals surface area contributed by atoms with Crippen LogP contribution in [0.1, 0.15) is 46.5 Å². The van der Waals surface area contributed by atoms with Crippen molar-refractivity contribution in [3.05, 3.63) is 0 Å². The number of rotatable bonds is 7. The molecular formula is C13H24N2O2. The van der Waals surface area contributed by atoms with Crippen LogP contribution in [-0.4, -0.2) is 35.6 Å². The fourth-order valence-corrected chi connectivity index (χ4v) is 2.01. The van der Waals surface area contributed by atoms with Crippen LogP contribution in [0.4, 0.5) is 0 Å². The average molecular weight is 240 g/mol. The molecule has 1 amide bonds. The topological polar surface area (TPSA) is 64.3 Å². The van der Waals surface area contributed by atoms with E-state index in [2.05, 4.69) is 6.07 Å². The number of aliphatic hydroxyl groups is 1. The maximum Gasteiger partial charge on any atom is 0.243 e. The lowest BCUT2D eigenvalue weighted by Gasteiger charge is -2.32. The molecule has 1 N–H and O–H groups in total. The minimum absolute atomic E-state index is 0.0814. The average Bonchev–Trinajstić information content (AvgIpc) is 2.35. The Balaban J connectivity index is 5.04. The Labute approximate surface area is 104 Å². The number of carbonyl (C=O) groups excluding carboxylic acids is 1. The van der Waals surface area contributed by atoms with Crippen LogP contribution in [-0.2, 0) is 4.79 Å². The fraction of sp³-hybridized carbons (Fsp3) is 0.846. The van der Waals surface area contributed by atoms with Gasteiger partial charge in [0.2, 0.25) is 5.91 Å². The van der Waals surface area contributed by atoms with Gasteiger partial charge in [-0.2, -0.15) is 5.26 Å².